The maximum Gasteiger partial charge on any atom is 0.134 e. The van der Waals surface area contributed by atoms with Gasteiger partial charge in [-0.15, -0.1) is 0 Å². The van der Waals surface area contributed by atoms with Gasteiger partial charge < -0.3 is 15.5 Å². The molecule has 0 amide bonds. The molecule has 1 aromatic heterocycles. The van der Waals surface area contributed by atoms with Crippen LogP contribution in [0.3, 0.4) is 0 Å². The maximum absolute atomic E-state index is 4.39. The maximum atomic E-state index is 4.39. The molecule has 1 aromatic rings. The minimum Gasteiger partial charge on any atom is -0.373 e. The molecule has 0 fully saturated rings. The molecular formula is C15H29N5. The van der Waals surface area contributed by atoms with Gasteiger partial charge in [-0.05, 0) is 25.9 Å². The lowest BCUT2D eigenvalue weighted by Gasteiger charge is -2.20. The first kappa shape index (κ1) is 16.7. The molecule has 0 aliphatic rings. The van der Waals surface area contributed by atoms with Gasteiger partial charge in [-0.2, -0.15) is 0 Å². The van der Waals surface area contributed by atoms with Crippen molar-refractivity contribution in [2.75, 3.05) is 43.9 Å². The van der Waals surface area contributed by atoms with E-state index in [4.69, 9.17) is 0 Å². The van der Waals surface area contributed by atoms with E-state index in [0.717, 1.165) is 50.7 Å². The highest BCUT2D eigenvalue weighted by Crippen LogP contribution is 2.20. The molecule has 0 aliphatic heterocycles. The second kappa shape index (κ2) is 9.53. The Balaban J connectivity index is 2.62. The topological polar surface area (TPSA) is 53.1 Å². The summed E-state index contributed by atoms with van der Waals surface area (Å²) >= 11 is 0. The fourth-order valence-corrected chi connectivity index (χ4v) is 2.34. The van der Waals surface area contributed by atoms with E-state index in [0.29, 0.717) is 0 Å². The lowest BCUT2D eigenvalue weighted by atomic mass is 10.1. The van der Waals surface area contributed by atoms with Crippen molar-refractivity contribution < 1.29 is 0 Å². The Morgan fingerprint density at radius 3 is 2.40 bits per heavy atom. The van der Waals surface area contributed by atoms with Crippen molar-refractivity contribution >= 4 is 11.6 Å². The largest absolute Gasteiger partial charge is 0.373 e. The molecule has 0 unspecified atom stereocenters. The predicted molar refractivity (Wildman–Crippen MR) is 86.5 cm³/mol. The summed E-state index contributed by atoms with van der Waals surface area (Å²) in [4.78, 5) is 11.1. The average Bonchev–Trinajstić information content (AvgIpc) is 2.48. The minimum absolute atomic E-state index is 0.921. The Morgan fingerprint density at radius 2 is 1.80 bits per heavy atom. The number of hydrogen-bond donors (Lipinski definition) is 2. The number of likely N-dealkylation sites (N-methyl/N-ethyl adjacent to an activating group) is 1. The summed E-state index contributed by atoms with van der Waals surface area (Å²) in [6, 6.07) is 0. The molecule has 0 bridgehead atoms. The number of anilines is 2. The van der Waals surface area contributed by atoms with Crippen molar-refractivity contribution in [2.45, 2.75) is 40.0 Å². The zero-order valence-electron chi connectivity index (χ0n) is 13.4. The molecule has 0 saturated carbocycles. The van der Waals surface area contributed by atoms with Crippen LogP contribution in [-0.2, 0) is 6.42 Å². The Hall–Kier alpha value is -1.36. The van der Waals surface area contributed by atoms with E-state index in [1.165, 1.54) is 12.0 Å². The van der Waals surface area contributed by atoms with E-state index in [1.807, 2.05) is 7.05 Å². The van der Waals surface area contributed by atoms with Crippen LogP contribution >= 0.6 is 0 Å². The van der Waals surface area contributed by atoms with Gasteiger partial charge in [0.1, 0.15) is 18.0 Å². The summed E-state index contributed by atoms with van der Waals surface area (Å²) in [5.41, 5.74) is 1.19. The second-order valence-electron chi connectivity index (χ2n) is 4.91. The summed E-state index contributed by atoms with van der Waals surface area (Å²) in [5, 5.41) is 6.61. The van der Waals surface area contributed by atoms with Crippen molar-refractivity contribution in [1.29, 1.82) is 0 Å². The van der Waals surface area contributed by atoms with Crippen LogP contribution in [0.1, 0.15) is 39.2 Å². The third-order valence-electron chi connectivity index (χ3n) is 3.39. The van der Waals surface area contributed by atoms with Gasteiger partial charge in [0, 0.05) is 25.7 Å². The lowest BCUT2D eigenvalue weighted by molar-refractivity contribution is 0.300. The first-order valence-corrected chi connectivity index (χ1v) is 7.74. The number of aromatic nitrogens is 2. The number of rotatable bonds is 10. The Kier molecular flexibility index (Phi) is 7.95. The molecular weight excluding hydrogens is 250 g/mol. The average molecular weight is 279 g/mol. The molecule has 2 N–H and O–H groups in total. The SMILES string of the molecule is CCCc1c(NC)ncnc1NCCN(CC)CCC. The van der Waals surface area contributed by atoms with E-state index in [-0.39, 0.29) is 0 Å². The molecule has 114 valence electrons. The molecule has 20 heavy (non-hydrogen) atoms. The van der Waals surface area contributed by atoms with Crippen molar-refractivity contribution in [3.05, 3.63) is 11.9 Å². The molecule has 0 atom stereocenters. The van der Waals surface area contributed by atoms with Crippen LogP contribution < -0.4 is 10.6 Å². The normalized spacial score (nSPS) is 10.8. The van der Waals surface area contributed by atoms with Crippen LogP contribution in [0.25, 0.3) is 0 Å². The minimum atomic E-state index is 0.921. The molecule has 1 heterocycles. The van der Waals surface area contributed by atoms with Crippen molar-refractivity contribution in [1.82, 2.24) is 14.9 Å². The first-order chi connectivity index (χ1) is 9.76. The monoisotopic (exact) mass is 279 g/mol. The highest BCUT2D eigenvalue weighted by atomic mass is 15.1. The fraction of sp³-hybridized carbons (Fsp3) is 0.733. The van der Waals surface area contributed by atoms with Gasteiger partial charge in [0.25, 0.3) is 0 Å². The van der Waals surface area contributed by atoms with Gasteiger partial charge >= 0.3 is 0 Å². The van der Waals surface area contributed by atoms with Gasteiger partial charge in [-0.1, -0.05) is 27.2 Å². The van der Waals surface area contributed by atoms with Gasteiger partial charge in [0.15, 0.2) is 0 Å². The number of nitrogens with one attached hydrogen (secondary N) is 2. The summed E-state index contributed by atoms with van der Waals surface area (Å²) in [5.74, 6) is 1.91. The van der Waals surface area contributed by atoms with Gasteiger partial charge in [0.2, 0.25) is 0 Å². The molecule has 0 aromatic carbocycles. The summed E-state index contributed by atoms with van der Waals surface area (Å²) in [6.45, 7) is 10.8. The molecule has 0 aliphatic carbocycles. The molecule has 0 spiro atoms. The van der Waals surface area contributed by atoms with Crippen LogP contribution in [0.5, 0.6) is 0 Å². The molecule has 5 nitrogen and oxygen atoms in total. The van der Waals surface area contributed by atoms with Crippen molar-refractivity contribution in [3.8, 4) is 0 Å². The molecule has 1 rings (SSSR count). The third kappa shape index (κ3) is 4.96. The van der Waals surface area contributed by atoms with E-state index in [2.05, 4.69) is 46.3 Å². The zero-order chi connectivity index (χ0) is 14.8. The van der Waals surface area contributed by atoms with E-state index >= 15 is 0 Å². The quantitative estimate of drug-likeness (QED) is 0.689. The van der Waals surface area contributed by atoms with E-state index < -0.39 is 0 Å². The third-order valence-corrected chi connectivity index (χ3v) is 3.39. The first-order valence-electron chi connectivity index (χ1n) is 7.74. The highest BCUT2D eigenvalue weighted by molar-refractivity contribution is 5.57. The standard InChI is InChI=1S/C15H29N5/c1-5-8-13-14(16-4)18-12-19-15(13)17-9-11-20(7-3)10-6-2/h12H,5-11H2,1-4H3,(H2,16,17,18,19). The van der Waals surface area contributed by atoms with Crippen LogP contribution in [0.2, 0.25) is 0 Å². The smallest absolute Gasteiger partial charge is 0.134 e. The highest BCUT2D eigenvalue weighted by Gasteiger charge is 2.09. The number of nitrogens with zero attached hydrogens (tertiary/aromatic N) is 3. The fourth-order valence-electron chi connectivity index (χ4n) is 2.34. The summed E-state index contributed by atoms with van der Waals surface area (Å²) < 4.78 is 0. The van der Waals surface area contributed by atoms with Gasteiger partial charge in [-0.3, -0.25) is 0 Å². The van der Waals surface area contributed by atoms with Crippen molar-refractivity contribution in [2.24, 2.45) is 0 Å². The van der Waals surface area contributed by atoms with Crippen molar-refractivity contribution in [3.63, 3.8) is 0 Å². The van der Waals surface area contributed by atoms with Crippen LogP contribution in [0, 0.1) is 0 Å². The second-order valence-corrected chi connectivity index (χ2v) is 4.91. The van der Waals surface area contributed by atoms with E-state index in [9.17, 15) is 0 Å². The Labute approximate surface area is 123 Å². The zero-order valence-corrected chi connectivity index (χ0v) is 13.4. The molecule has 5 heteroatoms. The van der Waals surface area contributed by atoms with Gasteiger partial charge in [0.05, 0.1) is 0 Å². The van der Waals surface area contributed by atoms with Crippen LogP contribution in [0.15, 0.2) is 6.33 Å². The molecule has 0 radical (unpaired) electrons. The van der Waals surface area contributed by atoms with Crippen LogP contribution in [-0.4, -0.2) is 48.1 Å². The summed E-state index contributed by atoms with van der Waals surface area (Å²) in [6.07, 6.45) is 4.91. The molecule has 0 saturated heterocycles. The Morgan fingerprint density at radius 1 is 1.05 bits per heavy atom. The van der Waals surface area contributed by atoms with Gasteiger partial charge in [-0.25, -0.2) is 9.97 Å². The lowest BCUT2D eigenvalue weighted by Crippen LogP contribution is -2.30. The van der Waals surface area contributed by atoms with E-state index in [1.54, 1.807) is 6.33 Å². The Bertz CT molecular complexity index is 381. The predicted octanol–water partition coefficient (Wildman–Crippen LogP) is 2.61. The number of hydrogen-bond acceptors (Lipinski definition) is 5. The van der Waals surface area contributed by atoms with Crippen LogP contribution in [0.4, 0.5) is 11.6 Å². The summed E-state index contributed by atoms with van der Waals surface area (Å²) in [7, 11) is 1.91.